The lowest BCUT2D eigenvalue weighted by Gasteiger charge is -2.29. The van der Waals surface area contributed by atoms with Gasteiger partial charge in [0.1, 0.15) is 5.82 Å². The first-order valence-electron chi connectivity index (χ1n) is 13.0. The van der Waals surface area contributed by atoms with E-state index in [0.29, 0.717) is 33.8 Å². The molecule has 0 spiro atoms. The van der Waals surface area contributed by atoms with E-state index in [1.54, 1.807) is 25.4 Å². The zero-order valence-corrected chi connectivity index (χ0v) is 22.6. The van der Waals surface area contributed by atoms with Gasteiger partial charge in [0.25, 0.3) is 5.91 Å². The number of hydrogen-bond donors (Lipinski definition) is 2. The van der Waals surface area contributed by atoms with Crippen molar-refractivity contribution in [2.75, 3.05) is 33.8 Å². The molecule has 0 saturated carbocycles. The van der Waals surface area contributed by atoms with E-state index < -0.39 is 18.0 Å². The second-order valence-electron chi connectivity index (χ2n) is 10.4. The number of fused-ring (bicyclic) bond motifs is 3. The number of nitrogens with zero attached hydrogens (tertiary/aromatic N) is 4. The van der Waals surface area contributed by atoms with Crippen LogP contribution in [0.25, 0.3) is 26.4 Å². The number of piperidine rings is 1. The van der Waals surface area contributed by atoms with Gasteiger partial charge in [0.15, 0.2) is 4.96 Å². The molecular formula is C28H30FN5O4S. The number of aromatic nitrogens is 2. The smallest absolute Gasteiger partial charge is 0.407 e. The van der Waals surface area contributed by atoms with Crippen molar-refractivity contribution in [2.45, 2.75) is 37.5 Å². The molecule has 4 aromatic rings. The zero-order chi connectivity index (χ0) is 27.3. The minimum Gasteiger partial charge on any atom is -0.465 e. The van der Waals surface area contributed by atoms with Crippen molar-refractivity contribution in [3.05, 3.63) is 59.5 Å². The van der Waals surface area contributed by atoms with Crippen molar-refractivity contribution < 1.29 is 23.8 Å². The van der Waals surface area contributed by atoms with Crippen LogP contribution >= 0.6 is 11.3 Å². The summed E-state index contributed by atoms with van der Waals surface area (Å²) in [6.07, 6.45) is 2.90. The molecule has 4 heterocycles. The SMILES string of the molecule is CO[C@@H]1C[C@H](c2ccc(-c3cn4c(n3)sc3cc(C(=O)NC5CCN(C)CC5)ccc34)c(F)c2)N(C(=O)O)C1. The summed E-state index contributed by atoms with van der Waals surface area (Å²) in [5, 5.41) is 12.7. The van der Waals surface area contributed by atoms with E-state index in [1.807, 2.05) is 22.6 Å². The van der Waals surface area contributed by atoms with Crippen molar-refractivity contribution in [1.29, 1.82) is 0 Å². The summed E-state index contributed by atoms with van der Waals surface area (Å²) in [5.41, 5.74) is 2.95. The summed E-state index contributed by atoms with van der Waals surface area (Å²) in [4.78, 5) is 33.5. The number of ether oxygens (including phenoxy) is 1. The second-order valence-corrected chi connectivity index (χ2v) is 11.4. The van der Waals surface area contributed by atoms with E-state index >= 15 is 4.39 Å². The standard InChI is InChI=1S/C28H30FN5O4S/c1-32-9-7-18(8-10-32)30-26(35)17-4-6-23-25(12-17)39-27-31-22(15-33(23)27)20-5-3-16(11-21(20)29)24-13-19(38-2)14-34(24)28(36)37/h3-6,11-12,15,18-19,24H,7-10,13-14H2,1-2H3,(H,30,35)(H,36,37)/t19-,24-/m1/s1. The normalized spacial score (nSPS) is 20.7. The number of carboxylic acid groups (broad SMARTS) is 1. The molecule has 2 fully saturated rings. The lowest BCUT2D eigenvalue weighted by molar-refractivity contribution is 0.0917. The third kappa shape index (κ3) is 4.86. The highest BCUT2D eigenvalue weighted by atomic mass is 32.1. The summed E-state index contributed by atoms with van der Waals surface area (Å²) >= 11 is 1.45. The van der Waals surface area contributed by atoms with Crippen LogP contribution in [0, 0.1) is 5.82 Å². The largest absolute Gasteiger partial charge is 0.465 e. The molecule has 204 valence electrons. The van der Waals surface area contributed by atoms with Gasteiger partial charge in [0, 0.05) is 36.9 Å². The highest BCUT2D eigenvalue weighted by Crippen LogP contribution is 2.36. The number of imidazole rings is 1. The summed E-state index contributed by atoms with van der Waals surface area (Å²) < 4.78 is 23.5. The van der Waals surface area contributed by atoms with Crippen LogP contribution in [-0.2, 0) is 4.74 Å². The maximum atomic E-state index is 15.3. The molecule has 0 aliphatic carbocycles. The average Bonchev–Trinajstić information content (AvgIpc) is 3.62. The maximum absolute atomic E-state index is 15.3. The lowest BCUT2D eigenvalue weighted by Crippen LogP contribution is -2.43. The van der Waals surface area contributed by atoms with Crippen LogP contribution in [0.1, 0.15) is 41.2 Å². The van der Waals surface area contributed by atoms with Crippen molar-refractivity contribution in [2.24, 2.45) is 0 Å². The maximum Gasteiger partial charge on any atom is 0.407 e. The minimum atomic E-state index is -1.05. The number of carbonyl (C=O) groups excluding carboxylic acids is 1. The first-order valence-corrected chi connectivity index (χ1v) is 13.9. The highest BCUT2D eigenvalue weighted by molar-refractivity contribution is 7.23. The van der Waals surface area contributed by atoms with Crippen molar-refractivity contribution >= 4 is 38.5 Å². The van der Waals surface area contributed by atoms with Gasteiger partial charge in [0.2, 0.25) is 0 Å². The molecule has 9 nitrogen and oxygen atoms in total. The van der Waals surface area contributed by atoms with Crippen LogP contribution in [0.2, 0.25) is 0 Å². The molecule has 0 radical (unpaired) electrons. The van der Waals surface area contributed by atoms with E-state index in [0.717, 1.165) is 36.1 Å². The quantitative estimate of drug-likeness (QED) is 0.376. The fourth-order valence-electron chi connectivity index (χ4n) is 5.64. The van der Waals surface area contributed by atoms with Gasteiger partial charge in [0.05, 0.1) is 34.6 Å². The Kier molecular flexibility index (Phi) is 6.74. The average molecular weight is 552 g/mol. The molecule has 0 unspecified atom stereocenters. The van der Waals surface area contributed by atoms with Crippen LogP contribution in [0.15, 0.2) is 42.6 Å². The molecule has 6 rings (SSSR count). The Labute approximate surface area is 228 Å². The first kappa shape index (κ1) is 25.7. The number of amides is 2. The molecule has 2 N–H and O–H groups in total. The third-order valence-electron chi connectivity index (χ3n) is 7.91. The molecule has 11 heteroatoms. The number of rotatable bonds is 5. The zero-order valence-electron chi connectivity index (χ0n) is 21.8. The Hall–Kier alpha value is -3.54. The van der Waals surface area contributed by atoms with Crippen LogP contribution in [0.3, 0.4) is 0 Å². The van der Waals surface area contributed by atoms with Crippen molar-refractivity contribution in [3.8, 4) is 11.3 Å². The topological polar surface area (TPSA) is 99.4 Å². The number of nitrogens with one attached hydrogen (secondary N) is 1. The first-order chi connectivity index (χ1) is 18.8. The minimum absolute atomic E-state index is 0.0686. The highest BCUT2D eigenvalue weighted by Gasteiger charge is 2.36. The Morgan fingerprint density at radius 1 is 1.18 bits per heavy atom. The number of halogens is 1. The van der Waals surface area contributed by atoms with E-state index in [2.05, 4.69) is 22.2 Å². The van der Waals surface area contributed by atoms with E-state index in [9.17, 15) is 14.7 Å². The van der Waals surface area contributed by atoms with E-state index in [4.69, 9.17) is 4.74 Å². The molecule has 2 aromatic heterocycles. The molecule has 0 bridgehead atoms. The number of methoxy groups -OCH3 is 1. The Bertz CT molecular complexity index is 1560. The Morgan fingerprint density at radius 3 is 2.69 bits per heavy atom. The Balaban J connectivity index is 1.23. The molecule has 2 aliphatic rings. The lowest BCUT2D eigenvalue weighted by atomic mass is 10.0. The number of benzene rings is 2. The number of likely N-dealkylation sites (tertiary alicyclic amines) is 2. The Morgan fingerprint density at radius 2 is 1.97 bits per heavy atom. The van der Waals surface area contributed by atoms with Gasteiger partial charge in [-0.25, -0.2) is 14.2 Å². The molecule has 2 aliphatic heterocycles. The van der Waals surface area contributed by atoms with Gasteiger partial charge in [-0.1, -0.05) is 17.4 Å². The molecule has 2 aromatic carbocycles. The van der Waals surface area contributed by atoms with Gasteiger partial charge < -0.3 is 20.1 Å². The van der Waals surface area contributed by atoms with E-state index in [-0.39, 0.29) is 24.6 Å². The number of carbonyl (C=O) groups is 2. The van der Waals surface area contributed by atoms with Gasteiger partial charge >= 0.3 is 6.09 Å². The number of hydrogen-bond acceptors (Lipinski definition) is 6. The molecule has 2 amide bonds. The molecule has 2 saturated heterocycles. The van der Waals surface area contributed by atoms with Crippen molar-refractivity contribution in [3.63, 3.8) is 0 Å². The summed E-state index contributed by atoms with van der Waals surface area (Å²) in [5.74, 6) is -0.525. The predicted molar refractivity (Wildman–Crippen MR) is 147 cm³/mol. The van der Waals surface area contributed by atoms with Crippen LogP contribution in [-0.4, -0.2) is 82.2 Å². The molecule has 39 heavy (non-hydrogen) atoms. The molecule has 2 atom stereocenters. The van der Waals surface area contributed by atoms with Crippen LogP contribution < -0.4 is 5.32 Å². The molecular weight excluding hydrogens is 521 g/mol. The van der Waals surface area contributed by atoms with Gasteiger partial charge in [-0.3, -0.25) is 14.1 Å². The van der Waals surface area contributed by atoms with Gasteiger partial charge in [-0.05, 0) is 68.9 Å². The predicted octanol–water partition coefficient (Wildman–Crippen LogP) is 4.62. The second kappa shape index (κ2) is 10.2. The fraction of sp³-hybridized carbons (Fsp3) is 0.393. The monoisotopic (exact) mass is 551 g/mol. The van der Waals surface area contributed by atoms with E-state index in [1.165, 1.54) is 22.3 Å². The van der Waals surface area contributed by atoms with Gasteiger partial charge in [-0.15, -0.1) is 0 Å². The third-order valence-corrected chi connectivity index (χ3v) is 8.92. The fourth-order valence-corrected chi connectivity index (χ4v) is 6.68. The summed E-state index contributed by atoms with van der Waals surface area (Å²) in [7, 11) is 3.65. The van der Waals surface area contributed by atoms with Crippen molar-refractivity contribution in [1.82, 2.24) is 24.5 Å². The summed E-state index contributed by atoms with van der Waals surface area (Å²) in [6, 6.07) is 10.2. The van der Waals surface area contributed by atoms with Crippen LogP contribution in [0.5, 0.6) is 0 Å². The van der Waals surface area contributed by atoms with Crippen LogP contribution in [0.4, 0.5) is 9.18 Å². The number of thiazole rings is 1. The summed E-state index contributed by atoms with van der Waals surface area (Å²) in [6.45, 7) is 2.21. The van der Waals surface area contributed by atoms with Gasteiger partial charge in [-0.2, -0.15) is 0 Å².